The zero-order chi connectivity index (χ0) is 17.4. The van der Waals surface area contributed by atoms with Crippen molar-refractivity contribution in [1.29, 1.82) is 0 Å². The van der Waals surface area contributed by atoms with Gasteiger partial charge in [-0.1, -0.05) is 24.3 Å². The summed E-state index contributed by atoms with van der Waals surface area (Å²) in [6.07, 6.45) is 0.879. The number of amides is 2. The molecule has 0 spiro atoms. The maximum atomic E-state index is 11.8. The Morgan fingerprint density at radius 3 is 2.75 bits per heavy atom. The van der Waals surface area contributed by atoms with Gasteiger partial charge in [0.15, 0.2) is 0 Å². The van der Waals surface area contributed by atoms with E-state index in [1.807, 2.05) is 0 Å². The first kappa shape index (κ1) is 17.0. The van der Waals surface area contributed by atoms with Crippen molar-refractivity contribution in [2.75, 3.05) is 7.05 Å². The third-order valence-electron chi connectivity index (χ3n) is 2.99. The van der Waals surface area contributed by atoms with Gasteiger partial charge in [0, 0.05) is 12.6 Å². The van der Waals surface area contributed by atoms with E-state index in [2.05, 4.69) is 15.8 Å². The second kappa shape index (κ2) is 8.33. The number of phenols is 1. The number of phenolic OH excluding ortho intramolecular Hbond substituents is 1. The molecule has 2 amide bonds. The SMILES string of the molecule is CNC(=O)Oc1ccccc1/C=N/NC(=O)Cc1cccc(O)c1. The molecule has 0 saturated heterocycles. The first-order valence-electron chi connectivity index (χ1n) is 7.17. The summed E-state index contributed by atoms with van der Waals surface area (Å²) in [4.78, 5) is 23.1. The molecule has 0 atom stereocenters. The van der Waals surface area contributed by atoms with E-state index in [0.29, 0.717) is 16.9 Å². The molecule has 7 nitrogen and oxygen atoms in total. The van der Waals surface area contributed by atoms with Crippen molar-refractivity contribution in [3.05, 3.63) is 59.7 Å². The number of carbonyl (C=O) groups is 2. The van der Waals surface area contributed by atoms with Gasteiger partial charge in [-0.25, -0.2) is 10.2 Å². The monoisotopic (exact) mass is 327 g/mol. The lowest BCUT2D eigenvalue weighted by molar-refractivity contribution is -0.120. The van der Waals surface area contributed by atoms with Gasteiger partial charge in [0.2, 0.25) is 5.91 Å². The predicted molar refractivity (Wildman–Crippen MR) is 89.1 cm³/mol. The molecule has 0 aliphatic rings. The lowest BCUT2D eigenvalue weighted by Gasteiger charge is -2.06. The van der Waals surface area contributed by atoms with Crippen LogP contribution in [0.2, 0.25) is 0 Å². The van der Waals surface area contributed by atoms with Crippen LogP contribution in [0.4, 0.5) is 4.79 Å². The van der Waals surface area contributed by atoms with E-state index in [0.717, 1.165) is 0 Å². The molecular formula is C17H17N3O4. The number of aromatic hydroxyl groups is 1. The van der Waals surface area contributed by atoms with Gasteiger partial charge in [0.25, 0.3) is 0 Å². The molecule has 3 N–H and O–H groups in total. The predicted octanol–water partition coefficient (Wildman–Crippen LogP) is 1.80. The summed E-state index contributed by atoms with van der Waals surface area (Å²) in [5.41, 5.74) is 3.60. The largest absolute Gasteiger partial charge is 0.508 e. The van der Waals surface area contributed by atoms with Gasteiger partial charge in [-0.15, -0.1) is 0 Å². The minimum absolute atomic E-state index is 0.0854. The van der Waals surface area contributed by atoms with Gasteiger partial charge in [0.05, 0.1) is 12.6 Å². The third-order valence-corrected chi connectivity index (χ3v) is 2.99. The van der Waals surface area contributed by atoms with Gasteiger partial charge in [0.1, 0.15) is 11.5 Å². The van der Waals surface area contributed by atoms with Crippen molar-refractivity contribution in [1.82, 2.24) is 10.7 Å². The van der Waals surface area contributed by atoms with Gasteiger partial charge in [-0.2, -0.15) is 5.10 Å². The van der Waals surface area contributed by atoms with Gasteiger partial charge in [-0.3, -0.25) is 4.79 Å². The molecule has 2 aromatic rings. The molecule has 0 aromatic heterocycles. The minimum atomic E-state index is -0.594. The Balaban J connectivity index is 1.96. The summed E-state index contributed by atoms with van der Waals surface area (Å²) in [7, 11) is 1.46. The molecule has 0 aliphatic heterocycles. The number of hydrogen-bond acceptors (Lipinski definition) is 5. The van der Waals surface area contributed by atoms with E-state index in [4.69, 9.17) is 4.74 Å². The number of hydrogen-bond donors (Lipinski definition) is 3. The smallest absolute Gasteiger partial charge is 0.412 e. The number of para-hydroxylation sites is 1. The fourth-order valence-corrected chi connectivity index (χ4v) is 1.90. The summed E-state index contributed by atoms with van der Waals surface area (Å²) < 4.78 is 5.08. The van der Waals surface area contributed by atoms with Gasteiger partial charge >= 0.3 is 6.09 Å². The van der Waals surface area contributed by atoms with Crippen LogP contribution in [0.15, 0.2) is 53.6 Å². The highest BCUT2D eigenvalue weighted by Crippen LogP contribution is 2.16. The van der Waals surface area contributed by atoms with Gasteiger partial charge in [-0.05, 0) is 29.8 Å². The second-order valence-corrected chi connectivity index (χ2v) is 4.82. The number of hydrazone groups is 1. The Bertz CT molecular complexity index is 759. The van der Waals surface area contributed by atoms with Crippen molar-refractivity contribution >= 4 is 18.2 Å². The van der Waals surface area contributed by atoms with Crippen LogP contribution in [0.25, 0.3) is 0 Å². The van der Waals surface area contributed by atoms with Crippen LogP contribution < -0.4 is 15.5 Å². The normalized spacial score (nSPS) is 10.4. The zero-order valence-electron chi connectivity index (χ0n) is 13.0. The number of nitrogens with zero attached hydrogens (tertiary/aromatic N) is 1. The lowest BCUT2D eigenvalue weighted by atomic mass is 10.1. The van der Waals surface area contributed by atoms with E-state index in [-0.39, 0.29) is 18.1 Å². The molecule has 0 saturated carbocycles. The standard InChI is InChI=1S/C17H17N3O4/c1-18-17(23)24-15-8-3-2-6-13(15)11-19-20-16(22)10-12-5-4-7-14(21)9-12/h2-9,11,21H,10H2,1H3,(H,18,23)(H,20,22)/b19-11+. The van der Waals surface area contributed by atoms with Crippen LogP contribution >= 0.6 is 0 Å². The van der Waals surface area contributed by atoms with Crippen LogP contribution in [0.5, 0.6) is 11.5 Å². The Morgan fingerprint density at radius 1 is 1.21 bits per heavy atom. The molecule has 7 heteroatoms. The highest BCUT2D eigenvalue weighted by Gasteiger charge is 2.06. The highest BCUT2D eigenvalue weighted by atomic mass is 16.6. The molecule has 124 valence electrons. The number of nitrogens with one attached hydrogen (secondary N) is 2. The molecule has 0 bridgehead atoms. The number of benzene rings is 2. The summed E-state index contributed by atoms with van der Waals surface area (Å²) in [5, 5.41) is 15.6. The molecule has 0 heterocycles. The van der Waals surface area contributed by atoms with Crippen molar-refractivity contribution in [2.24, 2.45) is 5.10 Å². The van der Waals surface area contributed by atoms with Crippen molar-refractivity contribution in [2.45, 2.75) is 6.42 Å². The fraction of sp³-hybridized carbons (Fsp3) is 0.118. The highest BCUT2D eigenvalue weighted by molar-refractivity contribution is 5.87. The molecule has 0 fully saturated rings. The van der Waals surface area contributed by atoms with Crippen LogP contribution in [-0.4, -0.2) is 30.4 Å². The van der Waals surface area contributed by atoms with Crippen molar-refractivity contribution in [3.63, 3.8) is 0 Å². The Kier molecular flexibility index (Phi) is 5.90. The van der Waals surface area contributed by atoms with Gasteiger partial charge < -0.3 is 15.2 Å². The molecule has 24 heavy (non-hydrogen) atoms. The number of carbonyl (C=O) groups excluding carboxylic acids is 2. The summed E-state index contributed by atoms with van der Waals surface area (Å²) in [5.74, 6) is 0.0912. The molecule has 2 rings (SSSR count). The summed E-state index contributed by atoms with van der Waals surface area (Å²) in [6, 6.07) is 13.2. The maximum Gasteiger partial charge on any atom is 0.412 e. The number of ether oxygens (including phenoxy) is 1. The summed E-state index contributed by atoms with van der Waals surface area (Å²) >= 11 is 0. The molecule has 0 unspecified atom stereocenters. The number of rotatable bonds is 5. The average Bonchev–Trinajstić information content (AvgIpc) is 2.56. The second-order valence-electron chi connectivity index (χ2n) is 4.82. The van der Waals surface area contributed by atoms with E-state index in [9.17, 15) is 14.7 Å². The maximum absolute atomic E-state index is 11.8. The van der Waals surface area contributed by atoms with E-state index in [1.54, 1.807) is 36.4 Å². The zero-order valence-corrected chi connectivity index (χ0v) is 13.0. The summed E-state index contributed by atoms with van der Waals surface area (Å²) in [6.45, 7) is 0. The molecule has 0 aliphatic carbocycles. The first-order valence-corrected chi connectivity index (χ1v) is 7.17. The van der Waals surface area contributed by atoms with Crippen molar-refractivity contribution in [3.8, 4) is 11.5 Å². The van der Waals surface area contributed by atoms with Crippen LogP contribution in [0.3, 0.4) is 0 Å². The fourth-order valence-electron chi connectivity index (χ4n) is 1.90. The van der Waals surface area contributed by atoms with E-state index in [1.165, 1.54) is 25.4 Å². The van der Waals surface area contributed by atoms with E-state index >= 15 is 0 Å². The van der Waals surface area contributed by atoms with Crippen LogP contribution in [0, 0.1) is 0 Å². The Hall–Kier alpha value is -3.35. The van der Waals surface area contributed by atoms with E-state index < -0.39 is 6.09 Å². The van der Waals surface area contributed by atoms with Crippen LogP contribution in [0.1, 0.15) is 11.1 Å². The lowest BCUT2D eigenvalue weighted by Crippen LogP contribution is -2.22. The average molecular weight is 327 g/mol. The molecule has 2 aromatic carbocycles. The topological polar surface area (TPSA) is 100 Å². The Labute approximate surface area is 139 Å². The first-order chi connectivity index (χ1) is 11.6. The van der Waals surface area contributed by atoms with Crippen molar-refractivity contribution < 1.29 is 19.4 Å². The Morgan fingerprint density at radius 2 is 2.00 bits per heavy atom. The molecule has 0 radical (unpaired) electrons. The van der Waals surface area contributed by atoms with Crippen LogP contribution in [-0.2, 0) is 11.2 Å². The minimum Gasteiger partial charge on any atom is -0.508 e. The molecular weight excluding hydrogens is 310 g/mol. The quantitative estimate of drug-likeness (QED) is 0.576. The third kappa shape index (κ3) is 5.13.